The van der Waals surface area contributed by atoms with Crippen LogP contribution in [0.1, 0.15) is 27.7 Å². The van der Waals surface area contributed by atoms with Crippen LogP contribution in [0, 0.1) is 0 Å². The highest BCUT2D eigenvalue weighted by molar-refractivity contribution is 7.92. The Labute approximate surface area is 176 Å². The summed E-state index contributed by atoms with van der Waals surface area (Å²) < 4.78 is 24.9. The molecule has 154 valence electrons. The number of anilines is 1. The number of primary amides is 1. The van der Waals surface area contributed by atoms with Crippen LogP contribution in [-0.2, 0) is 32.4 Å². The summed E-state index contributed by atoms with van der Waals surface area (Å²) in [6.45, 7) is 2.21. The van der Waals surface area contributed by atoms with E-state index in [0.717, 1.165) is 16.2 Å². The number of carbonyl (C=O) groups is 3. The zero-order chi connectivity index (χ0) is 21.3. The van der Waals surface area contributed by atoms with Gasteiger partial charge >= 0.3 is 0 Å². The van der Waals surface area contributed by atoms with Gasteiger partial charge in [-0.05, 0) is 36.2 Å². The van der Waals surface area contributed by atoms with Crippen molar-refractivity contribution in [2.24, 2.45) is 5.73 Å². The molecule has 1 aliphatic heterocycles. The molecule has 3 N–H and O–H groups in total. The highest BCUT2D eigenvalue weighted by Gasteiger charge is 2.29. The maximum atomic E-state index is 12.4. The molecule has 1 aliphatic rings. The van der Waals surface area contributed by atoms with Gasteiger partial charge in [0, 0.05) is 23.4 Å². The lowest BCUT2D eigenvalue weighted by Crippen LogP contribution is -2.34. The van der Waals surface area contributed by atoms with Gasteiger partial charge < -0.3 is 16.0 Å². The number of halogens is 1. The quantitative estimate of drug-likeness (QED) is 0.710. The van der Waals surface area contributed by atoms with E-state index in [1.807, 2.05) is 0 Å². The molecule has 2 heterocycles. The third kappa shape index (κ3) is 4.60. The van der Waals surface area contributed by atoms with E-state index in [0.29, 0.717) is 30.1 Å². The molecule has 3 rings (SSSR count). The summed E-state index contributed by atoms with van der Waals surface area (Å²) in [4.78, 5) is 38.3. The van der Waals surface area contributed by atoms with Crippen LogP contribution in [0.2, 0.25) is 5.02 Å². The standard InChI is InChI=1S/C18H18ClN3O5S2/c1-10(23)22-7-6-13-14(8-22)28-18(16(13)17(20)25)21-15(24)9-29(26,27)12-4-2-11(19)3-5-12/h2-5H,6-9H2,1H3,(H2,20,25)(H,21,24). The Morgan fingerprint density at radius 2 is 1.90 bits per heavy atom. The monoisotopic (exact) mass is 455 g/mol. The molecular weight excluding hydrogens is 438 g/mol. The largest absolute Gasteiger partial charge is 0.365 e. The van der Waals surface area contributed by atoms with Crippen LogP contribution in [0.4, 0.5) is 5.00 Å². The van der Waals surface area contributed by atoms with Crippen molar-refractivity contribution >= 4 is 55.5 Å². The van der Waals surface area contributed by atoms with Crippen molar-refractivity contribution in [3.05, 3.63) is 45.3 Å². The van der Waals surface area contributed by atoms with Gasteiger partial charge in [-0.15, -0.1) is 11.3 Å². The Morgan fingerprint density at radius 1 is 1.24 bits per heavy atom. The second-order valence-electron chi connectivity index (χ2n) is 6.52. The number of hydrogen-bond acceptors (Lipinski definition) is 6. The molecule has 0 atom stereocenters. The molecule has 0 aliphatic carbocycles. The first-order chi connectivity index (χ1) is 13.6. The van der Waals surface area contributed by atoms with Gasteiger partial charge in [-0.25, -0.2) is 8.42 Å². The van der Waals surface area contributed by atoms with Crippen molar-refractivity contribution in [3.8, 4) is 0 Å². The van der Waals surface area contributed by atoms with Crippen molar-refractivity contribution < 1.29 is 22.8 Å². The van der Waals surface area contributed by atoms with E-state index in [2.05, 4.69) is 5.32 Å². The number of sulfone groups is 1. The number of nitrogens with one attached hydrogen (secondary N) is 1. The molecule has 1 aromatic heterocycles. The number of nitrogens with two attached hydrogens (primary N) is 1. The summed E-state index contributed by atoms with van der Waals surface area (Å²) in [6, 6.07) is 5.48. The highest BCUT2D eigenvalue weighted by Crippen LogP contribution is 2.37. The Kier molecular flexibility index (Phi) is 5.97. The maximum absolute atomic E-state index is 12.4. The third-order valence-electron chi connectivity index (χ3n) is 4.50. The van der Waals surface area contributed by atoms with Crippen LogP contribution in [-0.4, -0.2) is 43.3 Å². The summed E-state index contributed by atoms with van der Waals surface area (Å²) in [7, 11) is -3.89. The zero-order valence-electron chi connectivity index (χ0n) is 15.4. The fraction of sp³-hybridized carbons (Fsp3) is 0.278. The number of thiophene rings is 1. The summed E-state index contributed by atoms with van der Waals surface area (Å²) >= 11 is 6.88. The number of benzene rings is 1. The second kappa shape index (κ2) is 8.13. The summed E-state index contributed by atoms with van der Waals surface area (Å²) in [6.07, 6.45) is 0.433. The molecule has 0 radical (unpaired) electrons. The van der Waals surface area contributed by atoms with Gasteiger partial charge in [-0.3, -0.25) is 14.4 Å². The van der Waals surface area contributed by atoms with Crippen molar-refractivity contribution in [2.75, 3.05) is 17.6 Å². The van der Waals surface area contributed by atoms with Crippen molar-refractivity contribution in [1.82, 2.24) is 4.90 Å². The van der Waals surface area contributed by atoms with Gasteiger partial charge in [0.2, 0.25) is 11.8 Å². The molecule has 0 unspecified atom stereocenters. The lowest BCUT2D eigenvalue weighted by molar-refractivity contribution is -0.129. The van der Waals surface area contributed by atoms with Crippen molar-refractivity contribution in [2.45, 2.75) is 24.8 Å². The van der Waals surface area contributed by atoms with E-state index in [-0.39, 0.29) is 21.4 Å². The van der Waals surface area contributed by atoms with E-state index in [1.165, 1.54) is 31.2 Å². The highest BCUT2D eigenvalue weighted by atomic mass is 35.5. The molecule has 0 saturated heterocycles. The summed E-state index contributed by atoms with van der Waals surface area (Å²) in [5.41, 5.74) is 6.35. The first-order valence-corrected chi connectivity index (χ1v) is 11.4. The van der Waals surface area contributed by atoms with Crippen LogP contribution in [0.25, 0.3) is 0 Å². The lowest BCUT2D eigenvalue weighted by atomic mass is 10.0. The average molecular weight is 456 g/mol. The van der Waals surface area contributed by atoms with Gasteiger partial charge in [0.05, 0.1) is 17.0 Å². The first-order valence-electron chi connectivity index (χ1n) is 8.56. The van der Waals surface area contributed by atoms with Gasteiger partial charge in [0.25, 0.3) is 5.91 Å². The molecule has 0 bridgehead atoms. The predicted octanol–water partition coefficient (Wildman–Crippen LogP) is 1.82. The molecule has 1 aromatic carbocycles. The number of rotatable bonds is 5. The maximum Gasteiger partial charge on any atom is 0.251 e. The SMILES string of the molecule is CC(=O)N1CCc2c(sc(NC(=O)CS(=O)(=O)c3ccc(Cl)cc3)c2C(N)=O)C1. The third-order valence-corrected chi connectivity index (χ3v) is 7.51. The van der Waals surface area contributed by atoms with Crippen LogP contribution >= 0.6 is 22.9 Å². The zero-order valence-corrected chi connectivity index (χ0v) is 17.8. The number of fused-ring (bicyclic) bond motifs is 1. The minimum absolute atomic E-state index is 0.0326. The van der Waals surface area contributed by atoms with E-state index < -0.39 is 27.4 Å². The minimum Gasteiger partial charge on any atom is -0.365 e. The molecule has 0 saturated carbocycles. The van der Waals surface area contributed by atoms with Gasteiger partial charge in [-0.2, -0.15) is 0 Å². The van der Waals surface area contributed by atoms with Gasteiger partial charge in [-0.1, -0.05) is 11.6 Å². The number of hydrogen-bond donors (Lipinski definition) is 2. The molecule has 8 nitrogen and oxygen atoms in total. The van der Waals surface area contributed by atoms with E-state index >= 15 is 0 Å². The number of amides is 3. The van der Waals surface area contributed by atoms with Crippen LogP contribution in [0.15, 0.2) is 29.2 Å². The van der Waals surface area contributed by atoms with E-state index in [9.17, 15) is 22.8 Å². The smallest absolute Gasteiger partial charge is 0.251 e. The Bertz CT molecular complexity index is 1090. The first kappa shape index (κ1) is 21.3. The molecule has 0 spiro atoms. The van der Waals surface area contributed by atoms with E-state index in [4.69, 9.17) is 17.3 Å². The Balaban J connectivity index is 1.82. The Morgan fingerprint density at radius 3 is 2.48 bits per heavy atom. The van der Waals surface area contributed by atoms with Gasteiger partial charge in [0.15, 0.2) is 9.84 Å². The molecule has 3 amide bonds. The normalized spacial score (nSPS) is 13.7. The molecule has 2 aromatic rings. The Hall–Kier alpha value is -2.43. The molecular formula is C18H18ClN3O5S2. The lowest BCUT2D eigenvalue weighted by Gasteiger charge is -2.25. The van der Waals surface area contributed by atoms with E-state index in [1.54, 1.807) is 4.90 Å². The van der Waals surface area contributed by atoms with Gasteiger partial charge in [0.1, 0.15) is 10.8 Å². The molecule has 11 heteroatoms. The van der Waals surface area contributed by atoms with Crippen LogP contribution in [0.5, 0.6) is 0 Å². The number of carbonyl (C=O) groups excluding carboxylic acids is 3. The van der Waals surface area contributed by atoms with Crippen molar-refractivity contribution in [3.63, 3.8) is 0 Å². The van der Waals surface area contributed by atoms with Crippen LogP contribution < -0.4 is 11.1 Å². The fourth-order valence-electron chi connectivity index (χ4n) is 3.08. The molecule has 0 fully saturated rings. The predicted molar refractivity (Wildman–Crippen MR) is 110 cm³/mol. The summed E-state index contributed by atoms with van der Waals surface area (Å²) in [5.74, 6) is -2.39. The van der Waals surface area contributed by atoms with Crippen molar-refractivity contribution in [1.29, 1.82) is 0 Å². The topological polar surface area (TPSA) is 127 Å². The molecule has 29 heavy (non-hydrogen) atoms. The average Bonchev–Trinajstić information content (AvgIpc) is 2.98. The summed E-state index contributed by atoms with van der Waals surface area (Å²) in [5, 5.41) is 3.08. The fourth-order valence-corrected chi connectivity index (χ4v) is 5.63. The van der Waals surface area contributed by atoms with Crippen LogP contribution in [0.3, 0.4) is 0 Å². The second-order valence-corrected chi connectivity index (χ2v) is 10.1. The minimum atomic E-state index is -3.89. The number of nitrogens with zero attached hydrogens (tertiary/aromatic N) is 1.